The highest BCUT2D eigenvalue weighted by molar-refractivity contribution is 5.83. The van der Waals surface area contributed by atoms with Gasteiger partial charge in [0, 0.05) is 25.4 Å². The summed E-state index contributed by atoms with van der Waals surface area (Å²) in [6.07, 6.45) is 6.52. The molecule has 1 atom stereocenters. The van der Waals surface area contributed by atoms with E-state index in [4.69, 9.17) is 0 Å². The second-order valence-electron chi connectivity index (χ2n) is 4.70. The summed E-state index contributed by atoms with van der Waals surface area (Å²) in [6.45, 7) is 4.57. The van der Waals surface area contributed by atoms with Crippen molar-refractivity contribution in [2.45, 2.75) is 64.8 Å². The van der Waals surface area contributed by atoms with E-state index in [0.717, 1.165) is 25.8 Å². The number of amides is 1. The van der Waals surface area contributed by atoms with Crippen molar-refractivity contribution in [1.82, 2.24) is 4.90 Å². The molecular weight excluding hydrogens is 202 g/mol. The fourth-order valence-electron chi connectivity index (χ4n) is 2.36. The minimum atomic E-state index is 0.108. The first-order valence-corrected chi connectivity index (χ1v) is 6.44. The van der Waals surface area contributed by atoms with E-state index in [0.29, 0.717) is 18.9 Å². The average molecular weight is 225 g/mol. The van der Waals surface area contributed by atoms with E-state index in [-0.39, 0.29) is 11.7 Å². The molecule has 0 bridgehead atoms. The van der Waals surface area contributed by atoms with Gasteiger partial charge in [0.05, 0.1) is 0 Å². The van der Waals surface area contributed by atoms with Gasteiger partial charge in [-0.2, -0.15) is 0 Å². The van der Waals surface area contributed by atoms with Crippen LogP contribution in [0.1, 0.15) is 58.8 Å². The maximum Gasteiger partial charge on any atom is 0.223 e. The Kier molecular flexibility index (Phi) is 5.50. The fourth-order valence-corrected chi connectivity index (χ4v) is 2.36. The molecule has 16 heavy (non-hydrogen) atoms. The monoisotopic (exact) mass is 225 g/mol. The smallest absolute Gasteiger partial charge is 0.223 e. The lowest BCUT2D eigenvalue weighted by Crippen LogP contribution is -2.39. The fraction of sp³-hybridized carbons (Fsp3) is 0.846. The summed E-state index contributed by atoms with van der Waals surface area (Å²) in [4.78, 5) is 24.9. The van der Waals surface area contributed by atoms with E-state index >= 15 is 0 Å². The van der Waals surface area contributed by atoms with E-state index in [1.165, 1.54) is 12.8 Å². The maximum atomic E-state index is 12.0. The molecule has 3 heteroatoms. The van der Waals surface area contributed by atoms with Crippen molar-refractivity contribution in [3.8, 4) is 0 Å². The summed E-state index contributed by atoms with van der Waals surface area (Å²) >= 11 is 0. The third-order valence-corrected chi connectivity index (χ3v) is 3.36. The van der Waals surface area contributed by atoms with Gasteiger partial charge in [0.1, 0.15) is 5.78 Å². The molecule has 1 unspecified atom stereocenters. The molecule has 3 nitrogen and oxygen atoms in total. The Morgan fingerprint density at radius 3 is 2.56 bits per heavy atom. The minimum Gasteiger partial charge on any atom is -0.340 e. The summed E-state index contributed by atoms with van der Waals surface area (Å²) < 4.78 is 0. The zero-order valence-corrected chi connectivity index (χ0v) is 10.5. The van der Waals surface area contributed by atoms with Gasteiger partial charge in [0.25, 0.3) is 0 Å². The molecule has 0 saturated carbocycles. The van der Waals surface area contributed by atoms with Crippen LogP contribution in [0.4, 0.5) is 0 Å². The van der Waals surface area contributed by atoms with Crippen LogP contribution in [-0.4, -0.2) is 29.2 Å². The van der Waals surface area contributed by atoms with Crippen LogP contribution in [0.5, 0.6) is 0 Å². The second kappa shape index (κ2) is 6.66. The van der Waals surface area contributed by atoms with E-state index in [1.54, 1.807) is 6.92 Å². The average Bonchev–Trinajstić information content (AvgIpc) is 2.50. The third kappa shape index (κ3) is 3.95. The number of likely N-dealkylation sites (tertiary alicyclic amines) is 1. The zero-order valence-electron chi connectivity index (χ0n) is 10.5. The Morgan fingerprint density at radius 2 is 1.94 bits per heavy atom. The van der Waals surface area contributed by atoms with Crippen molar-refractivity contribution < 1.29 is 9.59 Å². The summed E-state index contributed by atoms with van der Waals surface area (Å²) in [5, 5.41) is 0. The summed E-state index contributed by atoms with van der Waals surface area (Å²) in [6, 6.07) is 0.405. The van der Waals surface area contributed by atoms with Gasteiger partial charge in [0.2, 0.25) is 5.91 Å². The molecule has 1 aliphatic heterocycles. The molecule has 0 aromatic carbocycles. The number of hydrogen-bond donors (Lipinski definition) is 0. The quantitative estimate of drug-likeness (QED) is 0.737. The Morgan fingerprint density at radius 1 is 1.19 bits per heavy atom. The molecule has 0 aromatic rings. The van der Waals surface area contributed by atoms with Gasteiger partial charge in [-0.05, 0) is 26.2 Å². The van der Waals surface area contributed by atoms with Gasteiger partial charge in [-0.15, -0.1) is 0 Å². The number of carbonyl (C=O) groups excluding carboxylic acids is 2. The van der Waals surface area contributed by atoms with Gasteiger partial charge >= 0.3 is 0 Å². The predicted octanol–water partition coefficient (Wildman–Crippen LogP) is 2.54. The van der Waals surface area contributed by atoms with Gasteiger partial charge in [-0.1, -0.05) is 19.8 Å². The normalized spacial score (nSPS) is 21.6. The van der Waals surface area contributed by atoms with Gasteiger partial charge in [0.15, 0.2) is 0 Å². The number of rotatable bonds is 4. The Balaban J connectivity index is 2.52. The number of ketones is 1. The van der Waals surface area contributed by atoms with Gasteiger partial charge in [-0.25, -0.2) is 0 Å². The van der Waals surface area contributed by atoms with Crippen LogP contribution in [0.3, 0.4) is 0 Å². The van der Waals surface area contributed by atoms with Crippen molar-refractivity contribution in [3.05, 3.63) is 0 Å². The first-order valence-electron chi connectivity index (χ1n) is 6.44. The van der Waals surface area contributed by atoms with Crippen LogP contribution < -0.4 is 0 Å². The van der Waals surface area contributed by atoms with Crippen LogP contribution >= 0.6 is 0 Å². The molecular formula is C13H23NO2. The van der Waals surface area contributed by atoms with E-state index in [9.17, 15) is 9.59 Å². The van der Waals surface area contributed by atoms with Crippen LogP contribution in [0, 0.1) is 0 Å². The SMILES string of the molecule is CCC1CCCCCN1C(=O)CCC(C)=O. The molecule has 1 amide bonds. The first kappa shape index (κ1) is 13.2. The highest BCUT2D eigenvalue weighted by Gasteiger charge is 2.23. The van der Waals surface area contributed by atoms with Crippen molar-refractivity contribution in [2.24, 2.45) is 0 Å². The number of carbonyl (C=O) groups is 2. The molecule has 1 saturated heterocycles. The Hall–Kier alpha value is -0.860. The lowest BCUT2D eigenvalue weighted by atomic mass is 10.1. The molecule has 0 N–H and O–H groups in total. The van der Waals surface area contributed by atoms with Crippen LogP contribution in [0.15, 0.2) is 0 Å². The largest absolute Gasteiger partial charge is 0.340 e. The second-order valence-corrected chi connectivity index (χ2v) is 4.70. The van der Waals surface area contributed by atoms with Gasteiger partial charge < -0.3 is 9.69 Å². The number of hydrogen-bond acceptors (Lipinski definition) is 2. The minimum absolute atomic E-state index is 0.108. The predicted molar refractivity (Wildman–Crippen MR) is 64.2 cm³/mol. The van der Waals surface area contributed by atoms with Crippen LogP contribution in [-0.2, 0) is 9.59 Å². The number of nitrogens with zero attached hydrogens (tertiary/aromatic N) is 1. The van der Waals surface area contributed by atoms with Crippen molar-refractivity contribution in [3.63, 3.8) is 0 Å². The maximum absolute atomic E-state index is 12.0. The molecule has 1 fully saturated rings. The molecule has 1 rings (SSSR count). The van der Waals surface area contributed by atoms with E-state index < -0.39 is 0 Å². The molecule has 1 heterocycles. The van der Waals surface area contributed by atoms with Crippen molar-refractivity contribution in [2.75, 3.05) is 6.54 Å². The van der Waals surface area contributed by atoms with E-state index in [2.05, 4.69) is 6.92 Å². The Bertz CT molecular complexity index is 250. The molecule has 0 spiro atoms. The first-order chi connectivity index (χ1) is 7.65. The van der Waals surface area contributed by atoms with E-state index in [1.807, 2.05) is 4.90 Å². The molecule has 1 aliphatic rings. The molecule has 0 aliphatic carbocycles. The van der Waals surface area contributed by atoms with Gasteiger partial charge in [-0.3, -0.25) is 4.79 Å². The van der Waals surface area contributed by atoms with Crippen molar-refractivity contribution in [1.29, 1.82) is 0 Å². The third-order valence-electron chi connectivity index (χ3n) is 3.36. The standard InChI is InChI=1S/C13H23NO2/c1-3-12-7-5-4-6-10-14(12)13(16)9-8-11(2)15/h12H,3-10H2,1-2H3. The van der Waals surface area contributed by atoms with Crippen LogP contribution in [0.2, 0.25) is 0 Å². The lowest BCUT2D eigenvalue weighted by molar-refractivity contribution is -0.135. The Labute approximate surface area is 98.2 Å². The molecule has 0 radical (unpaired) electrons. The number of Topliss-reactive ketones (excluding diaryl/α,β-unsaturated/α-hetero) is 1. The molecule has 92 valence electrons. The zero-order chi connectivity index (χ0) is 12.0. The van der Waals surface area contributed by atoms with Crippen LogP contribution in [0.25, 0.3) is 0 Å². The molecule has 0 aromatic heterocycles. The summed E-state index contributed by atoms with van der Waals surface area (Å²) in [5.74, 6) is 0.278. The summed E-state index contributed by atoms with van der Waals surface area (Å²) in [5.41, 5.74) is 0. The highest BCUT2D eigenvalue weighted by Crippen LogP contribution is 2.20. The highest BCUT2D eigenvalue weighted by atomic mass is 16.2. The topological polar surface area (TPSA) is 37.4 Å². The lowest BCUT2D eigenvalue weighted by Gasteiger charge is -2.29. The van der Waals surface area contributed by atoms with Crippen molar-refractivity contribution >= 4 is 11.7 Å². The summed E-state index contributed by atoms with van der Waals surface area (Å²) in [7, 11) is 0.